The number of nitrogens with zero attached hydrogens (tertiary/aromatic N) is 2. The summed E-state index contributed by atoms with van der Waals surface area (Å²) in [7, 11) is 1.88. The van der Waals surface area contributed by atoms with Crippen molar-refractivity contribution < 1.29 is 4.74 Å². The van der Waals surface area contributed by atoms with Crippen LogP contribution in [0.25, 0.3) is 0 Å². The van der Waals surface area contributed by atoms with Crippen molar-refractivity contribution in [3.63, 3.8) is 0 Å². The highest BCUT2D eigenvalue weighted by Gasteiger charge is 2.01. The smallest absolute Gasteiger partial charge is 0.237 e. The first-order valence-corrected chi connectivity index (χ1v) is 5.89. The van der Waals surface area contributed by atoms with Gasteiger partial charge in [-0.25, -0.2) is 4.98 Å². The van der Waals surface area contributed by atoms with Gasteiger partial charge in [-0.3, -0.25) is 4.98 Å². The second-order valence-corrected chi connectivity index (χ2v) is 4.22. The van der Waals surface area contributed by atoms with E-state index in [0.717, 1.165) is 11.4 Å². The van der Waals surface area contributed by atoms with Gasteiger partial charge in [0.05, 0.1) is 18.1 Å². The molecule has 2 rings (SSSR count). The summed E-state index contributed by atoms with van der Waals surface area (Å²) in [6.45, 7) is 4.84. The highest BCUT2D eigenvalue weighted by atomic mass is 16.5. The molecule has 0 aliphatic rings. The van der Waals surface area contributed by atoms with Gasteiger partial charge in [-0.1, -0.05) is 6.07 Å². The van der Waals surface area contributed by atoms with E-state index in [4.69, 9.17) is 4.74 Å². The van der Waals surface area contributed by atoms with Crippen molar-refractivity contribution in [1.29, 1.82) is 0 Å². The minimum absolute atomic E-state index is 0.512. The maximum Gasteiger partial charge on any atom is 0.237 e. The third-order valence-electron chi connectivity index (χ3n) is 2.74. The lowest BCUT2D eigenvalue weighted by Crippen LogP contribution is -2.07. The molecule has 0 unspecified atom stereocenters. The Morgan fingerprint density at radius 1 is 1.11 bits per heavy atom. The molecule has 94 valence electrons. The zero-order valence-corrected chi connectivity index (χ0v) is 10.9. The number of nitrogens with one attached hydrogen (secondary N) is 1. The normalized spacial score (nSPS) is 10.4. The van der Waals surface area contributed by atoms with Gasteiger partial charge in [0.2, 0.25) is 5.88 Å². The van der Waals surface area contributed by atoms with Gasteiger partial charge >= 0.3 is 0 Å². The molecule has 0 amide bonds. The van der Waals surface area contributed by atoms with Gasteiger partial charge in [-0.05, 0) is 44.2 Å². The molecule has 0 saturated carbocycles. The van der Waals surface area contributed by atoms with Crippen LogP contribution in [0.1, 0.15) is 16.8 Å². The van der Waals surface area contributed by atoms with Crippen molar-refractivity contribution in [3.8, 4) is 11.6 Å². The molecule has 0 fully saturated rings. The van der Waals surface area contributed by atoms with Gasteiger partial charge < -0.3 is 10.1 Å². The molecule has 0 bridgehead atoms. The summed E-state index contributed by atoms with van der Waals surface area (Å²) < 4.78 is 5.65. The number of rotatable bonds is 4. The van der Waals surface area contributed by atoms with Crippen LogP contribution >= 0.6 is 0 Å². The van der Waals surface area contributed by atoms with Crippen molar-refractivity contribution in [2.45, 2.75) is 20.4 Å². The van der Waals surface area contributed by atoms with E-state index >= 15 is 0 Å². The van der Waals surface area contributed by atoms with Crippen LogP contribution in [0.3, 0.4) is 0 Å². The number of aromatic nitrogens is 2. The zero-order valence-electron chi connectivity index (χ0n) is 10.9. The first-order chi connectivity index (χ1) is 8.69. The molecule has 1 aromatic heterocycles. The third kappa shape index (κ3) is 3.05. The highest BCUT2D eigenvalue weighted by Crippen LogP contribution is 2.21. The fourth-order valence-corrected chi connectivity index (χ4v) is 1.57. The largest absolute Gasteiger partial charge is 0.437 e. The van der Waals surface area contributed by atoms with Crippen LogP contribution < -0.4 is 10.1 Å². The maximum atomic E-state index is 5.65. The highest BCUT2D eigenvalue weighted by molar-refractivity contribution is 5.35. The van der Waals surface area contributed by atoms with Crippen LogP contribution in [-0.2, 0) is 6.54 Å². The molecule has 1 heterocycles. The quantitative estimate of drug-likeness (QED) is 0.896. The maximum absolute atomic E-state index is 5.65. The minimum atomic E-state index is 0.512. The van der Waals surface area contributed by atoms with Crippen LogP contribution in [0.15, 0.2) is 30.6 Å². The average Bonchev–Trinajstić information content (AvgIpc) is 2.37. The van der Waals surface area contributed by atoms with E-state index in [1.165, 1.54) is 11.1 Å². The minimum Gasteiger partial charge on any atom is -0.437 e. The van der Waals surface area contributed by atoms with Gasteiger partial charge in [0, 0.05) is 6.54 Å². The summed E-state index contributed by atoms with van der Waals surface area (Å²) >= 11 is 0. The van der Waals surface area contributed by atoms with E-state index in [-0.39, 0.29) is 0 Å². The van der Waals surface area contributed by atoms with Crippen LogP contribution in [0.5, 0.6) is 11.6 Å². The number of hydrogen-bond donors (Lipinski definition) is 1. The summed E-state index contributed by atoms with van der Waals surface area (Å²) in [6, 6.07) is 5.97. The topological polar surface area (TPSA) is 47.0 Å². The van der Waals surface area contributed by atoms with Crippen molar-refractivity contribution in [1.82, 2.24) is 15.3 Å². The molecule has 4 nitrogen and oxygen atoms in total. The predicted molar refractivity (Wildman–Crippen MR) is 70.8 cm³/mol. The molecule has 0 atom stereocenters. The molecule has 0 radical (unpaired) electrons. The number of aryl methyl sites for hydroxylation is 2. The summed E-state index contributed by atoms with van der Waals surface area (Å²) in [6.07, 6.45) is 3.36. The Morgan fingerprint density at radius 2 is 1.94 bits per heavy atom. The Hall–Kier alpha value is -1.94. The fourth-order valence-electron chi connectivity index (χ4n) is 1.57. The average molecular weight is 243 g/mol. The lowest BCUT2D eigenvalue weighted by Gasteiger charge is -2.07. The van der Waals surface area contributed by atoms with Crippen molar-refractivity contribution in [2.24, 2.45) is 0 Å². The first-order valence-electron chi connectivity index (χ1n) is 5.89. The number of ether oxygens (including phenoxy) is 1. The van der Waals surface area contributed by atoms with E-state index in [2.05, 4.69) is 29.1 Å². The molecular weight excluding hydrogens is 226 g/mol. The molecule has 0 aliphatic heterocycles. The third-order valence-corrected chi connectivity index (χ3v) is 2.74. The number of hydrogen-bond acceptors (Lipinski definition) is 4. The van der Waals surface area contributed by atoms with E-state index < -0.39 is 0 Å². The van der Waals surface area contributed by atoms with Crippen LogP contribution in [0.4, 0.5) is 0 Å². The summed E-state index contributed by atoms with van der Waals surface area (Å²) in [5.74, 6) is 1.30. The predicted octanol–water partition coefficient (Wildman–Crippen LogP) is 2.61. The van der Waals surface area contributed by atoms with Crippen molar-refractivity contribution in [3.05, 3.63) is 47.4 Å². The molecule has 1 N–H and O–H groups in total. The molecule has 0 spiro atoms. The molecule has 2 aromatic rings. The van der Waals surface area contributed by atoms with Gasteiger partial charge in [-0.2, -0.15) is 0 Å². The summed E-state index contributed by atoms with van der Waals surface area (Å²) in [5.41, 5.74) is 3.34. The molecule has 0 saturated heterocycles. The Morgan fingerprint density at radius 3 is 2.56 bits per heavy atom. The van der Waals surface area contributed by atoms with Crippen LogP contribution in [0.2, 0.25) is 0 Å². The van der Waals surface area contributed by atoms with E-state index in [1.54, 1.807) is 12.4 Å². The molecule has 18 heavy (non-hydrogen) atoms. The van der Waals surface area contributed by atoms with Gasteiger partial charge in [0.25, 0.3) is 0 Å². The standard InChI is InChI=1S/C14H17N3O/c1-10-4-5-13(6-11(10)2)18-14-9-16-12(7-15-3)8-17-14/h4-6,8-9,15H,7H2,1-3H3. The molecule has 0 aliphatic carbocycles. The van der Waals surface area contributed by atoms with Gasteiger partial charge in [0.15, 0.2) is 0 Å². The summed E-state index contributed by atoms with van der Waals surface area (Å²) in [5, 5.41) is 3.02. The van der Waals surface area contributed by atoms with Crippen LogP contribution in [-0.4, -0.2) is 17.0 Å². The number of benzene rings is 1. The van der Waals surface area contributed by atoms with E-state index in [9.17, 15) is 0 Å². The zero-order chi connectivity index (χ0) is 13.0. The monoisotopic (exact) mass is 243 g/mol. The van der Waals surface area contributed by atoms with Gasteiger partial charge in [-0.15, -0.1) is 0 Å². The lowest BCUT2D eigenvalue weighted by atomic mass is 10.1. The lowest BCUT2D eigenvalue weighted by molar-refractivity contribution is 0.458. The SMILES string of the molecule is CNCc1cnc(Oc2ccc(C)c(C)c2)cn1. The molecular formula is C14H17N3O. The van der Waals surface area contributed by atoms with Crippen molar-refractivity contribution in [2.75, 3.05) is 7.05 Å². The molecule has 1 aromatic carbocycles. The Balaban J connectivity index is 2.10. The second kappa shape index (κ2) is 5.60. The molecule has 4 heteroatoms. The Kier molecular flexibility index (Phi) is 3.89. The summed E-state index contributed by atoms with van der Waals surface area (Å²) in [4.78, 5) is 8.47. The van der Waals surface area contributed by atoms with E-state index in [0.29, 0.717) is 12.4 Å². The second-order valence-electron chi connectivity index (χ2n) is 4.22. The van der Waals surface area contributed by atoms with Gasteiger partial charge in [0.1, 0.15) is 5.75 Å². The Bertz CT molecular complexity index is 523. The Labute approximate surface area is 107 Å². The van der Waals surface area contributed by atoms with E-state index in [1.807, 2.05) is 25.2 Å². The fraction of sp³-hybridized carbons (Fsp3) is 0.286. The van der Waals surface area contributed by atoms with Crippen LogP contribution in [0, 0.1) is 13.8 Å². The first kappa shape index (κ1) is 12.5. The van der Waals surface area contributed by atoms with Crippen molar-refractivity contribution >= 4 is 0 Å².